The Balaban J connectivity index is 1.69. The second-order valence-electron chi connectivity index (χ2n) is 9.21. The van der Waals surface area contributed by atoms with Gasteiger partial charge in [-0.25, -0.2) is 0 Å². The van der Waals surface area contributed by atoms with Crippen molar-refractivity contribution < 1.29 is 0 Å². The number of fused-ring (bicyclic) bond motifs is 5. The number of hydrogen-bond acceptors (Lipinski definition) is 0. The lowest BCUT2D eigenvalue weighted by molar-refractivity contribution is 0.126. The van der Waals surface area contributed by atoms with Crippen LogP contribution < -0.4 is 0 Å². The standard InChI is InChI=1S/C22H36Si/c1-4-23(3)16-13-21-19-11-7-5-9-17(19)15(2)18-10-6-8-12-20(18)22(21)14-16/h4,16-22H,2,5-14H2,1,3H3/b23-4-. The summed E-state index contributed by atoms with van der Waals surface area (Å²) in [6.45, 7) is 9.65. The quantitative estimate of drug-likeness (QED) is 0.403. The molecule has 23 heavy (non-hydrogen) atoms. The fraction of sp³-hybridized carbons (Fsp3) is 0.864. The Morgan fingerprint density at radius 3 is 1.78 bits per heavy atom. The maximum absolute atomic E-state index is 4.74. The highest BCUT2D eigenvalue weighted by molar-refractivity contribution is 6.65. The Hall–Kier alpha value is -0.173. The van der Waals surface area contributed by atoms with Gasteiger partial charge in [-0.2, -0.15) is 0 Å². The molecule has 0 spiro atoms. The van der Waals surface area contributed by atoms with Gasteiger partial charge in [-0.3, -0.25) is 0 Å². The van der Waals surface area contributed by atoms with Crippen LogP contribution in [-0.4, -0.2) is 14.1 Å². The highest BCUT2D eigenvalue weighted by atomic mass is 28.2. The van der Waals surface area contributed by atoms with E-state index in [1.807, 2.05) is 0 Å². The van der Waals surface area contributed by atoms with E-state index in [2.05, 4.69) is 19.1 Å². The maximum atomic E-state index is 4.74. The average Bonchev–Trinajstić information content (AvgIpc) is 3.02. The molecule has 4 saturated carbocycles. The Morgan fingerprint density at radius 1 is 0.826 bits per heavy atom. The maximum Gasteiger partial charge on any atom is 0.00505 e. The van der Waals surface area contributed by atoms with Gasteiger partial charge in [-0.05, 0) is 79.6 Å². The van der Waals surface area contributed by atoms with Gasteiger partial charge in [0.15, 0.2) is 0 Å². The summed E-state index contributed by atoms with van der Waals surface area (Å²) < 4.78 is 0. The summed E-state index contributed by atoms with van der Waals surface area (Å²) in [4.78, 5) is 0. The molecule has 0 N–H and O–H groups in total. The minimum atomic E-state index is -0.210. The molecule has 0 amide bonds. The Bertz CT molecular complexity index is 456. The molecule has 1 heteroatoms. The van der Waals surface area contributed by atoms with Crippen LogP contribution in [0.1, 0.15) is 71.1 Å². The smallest absolute Gasteiger partial charge is 0.00505 e. The van der Waals surface area contributed by atoms with Crippen molar-refractivity contribution in [2.24, 2.45) is 35.5 Å². The van der Waals surface area contributed by atoms with Gasteiger partial charge in [0.1, 0.15) is 0 Å². The van der Waals surface area contributed by atoms with E-state index < -0.39 is 0 Å². The van der Waals surface area contributed by atoms with E-state index in [0.717, 1.165) is 41.0 Å². The van der Waals surface area contributed by atoms with Crippen molar-refractivity contribution in [2.75, 3.05) is 0 Å². The van der Waals surface area contributed by atoms with Crippen LogP contribution in [0.5, 0.6) is 0 Å². The van der Waals surface area contributed by atoms with E-state index in [1.165, 1.54) is 51.4 Å². The minimum Gasteiger partial charge on any atom is -0.107 e. The van der Waals surface area contributed by atoms with Crippen molar-refractivity contribution in [1.82, 2.24) is 0 Å². The van der Waals surface area contributed by atoms with E-state index in [1.54, 1.807) is 18.4 Å². The fourth-order valence-corrected chi connectivity index (χ4v) is 8.99. The third-order valence-corrected chi connectivity index (χ3v) is 11.1. The predicted molar refractivity (Wildman–Crippen MR) is 103 cm³/mol. The highest BCUT2D eigenvalue weighted by Crippen LogP contribution is 2.60. The van der Waals surface area contributed by atoms with E-state index in [9.17, 15) is 0 Å². The molecular weight excluding hydrogens is 292 g/mol. The molecular formula is C22H36Si. The van der Waals surface area contributed by atoms with Crippen LogP contribution in [0.4, 0.5) is 0 Å². The largest absolute Gasteiger partial charge is 0.107 e. The lowest BCUT2D eigenvalue weighted by Gasteiger charge is -2.37. The summed E-state index contributed by atoms with van der Waals surface area (Å²) in [7, 11) is -0.210. The van der Waals surface area contributed by atoms with Gasteiger partial charge in [0.25, 0.3) is 0 Å². The van der Waals surface area contributed by atoms with Crippen molar-refractivity contribution in [3.05, 3.63) is 12.2 Å². The number of hydrogen-bond donors (Lipinski definition) is 0. The first-order chi connectivity index (χ1) is 11.2. The summed E-state index contributed by atoms with van der Waals surface area (Å²) in [5.41, 5.74) is 5.39. The predicted octanol–water partition coefficient (Wildman–Crippen LogP) is 6.09. The summed E-state index contributed by atoms with van der Waals surface area (Å²) in [5.74, 6) is 5.97. The molecule has 128 valence electrons. The van der Waals surface area contributed by atoms with E-state index in [-0.39, 0.29) is 8.41 Å². The molecule has 0 aromatic rings. The third-order valence-electron chi connectivity index (χ3n) is 8.45. The Kier molecular flexibility index (Phi) is 4.69. The van der Waals surface area contributed by atoms with Gasteiger partial charge >= 0.3 is 0 Å². The average molecular weight is 329 g/mol. The zero-order valence-electron chi connectivity index (χ0n) is 15.4. The number of allylic oxidation sites excluding steroid dienone is 1. The Morgan fingerprint density at radius 2 is 1.30 bits per heavy atom. The first-order valence-corrected chi connectivity index (χ1v) is 12.7. The van der Waals surface area contributed by atoms with Crippen LogP contribution in [0.25, 0.3) is 0 Å². The summed E-state index contributed by atoms with van der Waals surface area (Å²) >= 11 is 0. The zero-order chi connectivity index (χ0) is 16.0. The first kappa shape index (κ1) is 16.3. The van der Waals surface area contributed by atoms with Crippen LogP contribution in [0.2, 0.25) is 12.1 Å². The normalized spacial score (nSPS) is 47.5. The SMILES string of the molecule is C=C1C2CCCCC2C2CC(/[Si](C)=C\C)CC2C2CCCCC12. The topological polar surface area (TPSA) is 0 Å². The van der Waals surface area contributed by atoms with Gasteiger partial charge in [-0.1, -0.05) is 51.3 Å². The summed E-state index contributed by atoms with van der Waals surface area (Å²) in [6, 6.07) is 0. The molecule has 0 bridgehead atoms. The van der Waals surface area contributed by atoms with E-state index >= 15 is 0 Å². The number of rotatable bonds is 1. The van der Waals surface area contributed by atoms with Crippen molar-refractivity contribution >= 4 is 14.1 Å². The molecule has 0 saturated heterocycles. The third kappa shape index (κ3) is 2.75. The molecule has 4 fully saturated rings. The minimum absolute atomic E-state index is 0.210. The van der Waals surface area contributed by atoms with Crippen molar-refractivity contribution in [3.63, 3.8) is 0 Å². The van der Waals surface area contributed by atoms with Gasteiger partial charge < -0.3 is 0 Å². The van der Waals surface area contributed by atoms with Crippen molar-refractivity contribution in [3.8, 4) is 0 Å². The van der Waals surface area contributed by atoms with Crippen LogP contribution in [-0.2, 0) is 0 Å². The molecule has 0 aromatic carbocycles. The summed E-state index contributed by atoms with van der Waals surface area (Å²) in [5, 5.41) is 0. The monoisotopic (exact) mass is 328 g/mol. The molecule has 6 unspecified atom stereocenters. The van der Waals surface area contributed by atoms with Gasteiger partial charge in [0.2, 0.25) is 0 Å². The van der Waals surface area contributed by atoms with Crippen LogP contribution in [0, 0.1) is 35.5 Å². The molecule has 0 radical (unpaired) electrons. The lowest BCUT2D eigenvalue weighted by atomic mass is 9.68. The van der Waals surface area contributed by atoms with E-state index in [0.29, 0.717) is 0 Å². The molecule has 4 aliphatic carbocycles. The van der Waals surface area contributed by atoms with Crippen molar-refractivity contribution in [1.29, 1.82) is 0 Å². The lowest BCUT2D eigenvalue weighted by Crippen LogP contribution is -2.29. The molecule has 0 heterocycles. The highest BCUT2D eigenvalue weighted by Gasteiger charge is 2.51. The van der Waals surface area contributed by atoms with Gasteiger partial charge in [0.05, 0.1) is 0 Å². The van der Waals surface area contributed by atoms with Crippen LogP contribution in [0.15, 0.2) is 12.2 Å². The first-order valence-electron chi connectivity index (χ1n) is 10.5. The molecule has 4 aliphatic rings. The second-order valence-corrected chi connectivity index (χ2v) is 12.1. The van der Waals surface area contributed by atoms with Gasteiger partial charge in [-0.15, -0.1) is 5.67 Å². The molecule has 6 atom stereocenters. The van der Waals surface area contributed by atoms with Gasteiger partial charge in [0, 0.05) is 8.41 Å². The molecule has 0 nitrogen and oxygen atoms in total. The second kappa shape index (κ2) is 6.62. The van der Waals surface area contributed by atoms with E-state index in [4.69, 9.17) is 6.58 Å². The fourth-order valence-electron chi connectivity index (χ4n) is 7.23. The molecule has 4 rings (SSSR count). The van der Waals surface area contributed by atoms with Crippen LogP contribution in [0.3, 0.4) is 0 Å². The Labute approximate surface area is 145 Å². The van der Waals surface area contributed by atoms with Crippen molar-refractivity contribution in [2.45, 2.75) is 83.2 Å². The molecule has 0 aromatic heterocycles. The van der Waals surface area contributed by atoms with Crippen LogP contribution >= 0.6 is 0 Å². The zero-order valence-corrected chi connectivity index (χ0v) is 16.4. The molecule has 0 aliphatic heterocycles. The summed E-state index contributed by atoms with van der Waals surface area (Å²) in [6.07, 6.45) is 15.1.